The Morgan fingerprint density at radius 2 is 1.83 bits per heavy atom. The lowest BCUT2D eigenvalue weighted by Crippen LogP contribution is -2.49. The molecular weight excluding hydrogens is 374 g/mol. The molecule has 3 rings (SSSR count). The summed E-state index contributed by atoms with van der Waals surface area (Å²) in [6.07, 6.45) is 2.21. The molecule has 0 radical (unpaired) electrons. The van der Waals surface area contributed by atoms with E-state index in [0.29, 0.717) is 40.8 Å². The van der Waals surface area contributed by atoms with Gasteiger partial charge in [0.25, 0.3) is 0 Å². The van der Waals surface area contributed by atoms with Crippen LogP contribution in [0.5, 0.6) is 11.5 Å². The molecule has 29 heavy (non-hydrogen) atoms. The van der Waals surface area contributed by atoms with E-state index < -0.39 is 12.0 Å². The van der Waals surface area contributed by atoms with Gasteiger partial charge in [-0.15, -0.1) is 0 Å². The molecule has 1 atom stereocenters. The second kappa shape index (κ2) is 9.17. The number of urea groups is 1. The van der Waals surface area contributed by atoms with Crippen LogP contribution >= 0.6 is 0 Å². The molecule has 0 aliphatic carbocycles. The molecule has 158 valence electrons. The summed E-state index contributed by atoms with van der Waals surface area (Å²) in [5.74, 6) is 1.32. The number of nitrogens with one attached hydrogen (secondary N) is 2. The highest BCUT2D eigenvalue weighted by atomic mass is 16.5. The quantitative estimate of drug-likeness (QED) is 0.708. The summed E-state index contributed by atoms with van der Waals surface area (Å²) in [5.41, 5.74) is 1.69. The number of hydrogen-bond acceptors (Lipinski definition) is 6. The van der Waals surface area contributed by atoms with Crippen LogP contribution in [-0.4, -0.2) is 57.9 Å². The second-order valence-electron chi connectivity index (χ2n) is 7.49. The Kier molecular flexibility index (Phi) is 6.64. The van der Waals surface area contributed by atoms with Gasteiger partial charge in [-0.1, -0.05) is 13.0 Å². The lowest BCUT2D eigenvalue weighted by Gasteiger charge is -2.34. The number of hydrogen-bond donors (Lipinski definition) is 2. The average Bonchev–Trinajstić information content (AvgIpc) is 2.74. The SMILES string of the molecule is COC(=O)C1=C(CN2CCC(C)CC2)NC(=O)NC1c1ccc(OC)c(OC)c1. The summed E-state index contributed by atoms with van der Waals surface area (Å²) < 4.78 is 15.7. The van der Waals surface area contributed by atoms with Crippen LogP contribution in [0.2, 0.25) is 0 Å². The third-order valence-corrected chi connectivity index (χ3v) is 5.56. The minimum atomic E-state index is -0.644. The number of carbonyl (C=O) groups is 2. The van der Waals surface area contributed by atoms with Gasteiger partial charge in [0, 0.05) is 12.2 Å². The van der Waals surface area contributed by atoms with Crippen molar-refractivity contribution in [1.82, 2.24) is 15.5 Å². The Morgan fingerprint density at radius 1 is 1.14 bits per heavy atom. The summed E-state index contributed by atoms with van der Waals surface area (Å²) >= 11 is 0. The van der Waals surface area contributed by atoms with E-state index in [-0.39, 0.29) is 6.03 Å². The highest BCUT2D eigenvalue weighted by Gasteiger charge is 2.34. The molecule has 1 aromatic rings. The number of methoxy groups -OCH3 is 3. The van der Waals surface area contributed by atoms with E-state index in [1.807, 2.05) is 0 Å². The van der Waals surface area contributed by atoms with Crippen LogP contribution in [0.3, 0.4) is 0 Å². The zero-order chi connectivity index (χ0) is 21.0. The van der Waals surface area contributed by atoms with E-state index in [4.69, 9.17) is 14.2 Å². The number of ether oxygens (including phenoxy) is 3. The zero-order valence-electron chi connectivity index (χ0n) is 17.4. The van der Waals surface area contributed by atoms with Crippen molar-refractivity contribution in [3.05, 3.63) is 35.0 Å². The monoisotopic (exact) mass is 403 g/mol. The lowest BCUT2D eigenvalue weighted by atomic mass is 9.94. The van der Waals surface area contributed by atoms with Gasteiger partial charge in [-0.25, -0.2) is 9.59 Å². The van der Waals surface area contributed by atoms with Crippen molar-refractivity contribution in [1.29, 1.82) is 0 Å². The smallest absolute Gasteiger partial charge is 0.338 e. The maximum absolute atomic E-state index is 12.7. The number of piperidine rings is 1. The van der Waals surface area contributed by atoms with Gasteiger partial charge in [0.15, 0.2) is 11.5 Å². The minimum absolute atomic E-state index is 0.349. The van der Waals surface area contributed by atoms with Gasteiger partial charge < -0.3 is 24.8 Å². The molecule has 8 heteroatoms. The van der Waals surface area contributed by atoms with Gasteiger partial charge in [0.1, 0.15) is 0 Å². The van der Waals surface area contributed by atoms with Crippen LogP contribution in [0.25, 0.3) is 0 Å². The van der Waals surface area contributed by atoms with Gasteiger partial charge in [-0.2, -0.15) is 0 Å². The van der Waals surface area contributed by atoms with Gasteiger partial charge in [0.2, 0.25) is 0 Å². The van der Waals surface area contributed by atoms with Crippen LogP contribution in [0.4, 0.5) is 4.79 Å². The Balaban J connectivity index is 1.98. The van der Waals surface area contributed by atoms with E-state index in [0.717, 1.165) is 25.9 Å². The fourth-order valence-electron chi connectivity index (χ4n) is 3.82. The topological polar surface area (TPSA) is 89.1 Å². The highest BCUT2D eigenvalue weighted by Crippen LogP contribution is 2.34. The zero-order valence-corrected chi connectivity index (χ0v) is 17.4. The summed E-state index contributed by atoms with van der Waals surface area (Å²) in [7, 11) is 4.45. The standard InChI is InChI=1S/C21H29N3O5/c1-13-7-9-24(10-8-13)12-15-18(20(25)29-4)19(23-21(26)22-15)14-5-6-16(27-2)17(11-14)28-3/h5-6,11,13,19H,7-10,12H2,1-4H3,(H2,22,23,26). The molecule has 2 aliphatic heterocycles. The number of carbonyl (C=O) groups excluding carboxylic acids is 2. The van der Waals surface area contributed by atoms with E-state index >= 15 is 0 Å². The Morgan fingerprint density at radius 3 is 2.45 bits per heavy atom. The summed E-state index contributed by atoms with van der Waals surface area (Å²) in [6.45, 7) is 4.61. The number of likely N-dealkylation sites (tertiary alicyclic amines) is 1. The number of esters is 1. The highest BCUT2D eigenvalue weighted by molar-refractivity contribution is 5.95. The van der Waals surface area contributed by atoms with Crippen molar-refractivity contribution in [2.75, 3.05) is 41.0 Å². The molecule has 2 heterocycles. The fraction of sp³-hybridized carbons (Fsp3) is 0.524. The predicted molar refractivity (Wildman–Crippen MR) is 108 cm³/mol. The summed E-state index contributed by atoms with van der Waals surface area (Å²) in [5, 5.41) is 5.66. The predicted octanol–water partition coefficient (Wildman–Crippen LogP) is 2.22. The van der Waals surface area contributed by atoms with Crippen molar-refractivity contribution in [3.8, 4) is 11.5 Å². The van der Waals surface area contributed by atoms with Crippen molar-refractivity contribution >= 4 is 12.0 Å². The molecule has 0 saturated carbocycles. The van der Waals surface area contributed by atoms with E-state index in [1.54, 1.807) is 32.4 Å². The van der Waals surface area contributed by atoms with E-state index in [1.165, 1.54) is 7.11 Å². The van der Waals surface area contributed by atoms with Gasteiger partial charge in [0.05, 0.1) is 32.9 Å². The van der Waals surface area contributed by atoms with Crippen LogP contribution in [-0.2, 0) is 9.53 Å². The van der Waals surface area contributed by atoms with Crippen molar-refractivity contribution in [3.63, 3.8) is 0 Å². The first kappa shape index (κ1) is 21.0. The maximum atomic E-state index is 12.7. The molecule has 2 aliphatic rings. The molecule has 1 aromatic carbocycles. The summed E-state index contributed by atoms with van der Waals surface area (Å²) in [6, 6.07) is 4.33. The van der Waals surface area contributed by atoms with Crippen molar-refractivity contribution in [2.24, 2.45) is 5.92 Å². The van der Waals surface area contributed by atoms with Gasteiger partial charge in [-0.3, -0.25) is 4.90 Å². The minimum Gasteiger partial charge on any atom is -0.493 e. The van der Waals surface area contributed by atoms with Crippen LogP contribution in [0, 0.1) is 5.92 Å². The molecule has 2 amide bonds. The average molecular weight is 403 g/mol. The molecule has 0 aromatic heterocycles. The number of nitrogens with zero attached hydrogens (tertiary/aromatic N) is 1. The van der Waals surface area contributed by atoms with Gasteiger partial charge in [-0.05, 0) is 49.5 Å². The van der Waals surface area contributed by atoms with Crippen LogP contribution in [0.15, 0.2) is 29.5 Å². The van der Waals surface area contributed by atoms with Crippen molar-refractivity contribution in [2.45, 2.75) is 25.8 Å². The number of amides is 2. The first-order valence-electron chi connectivity index (χ1n) is 9.80. The Bertz CT molecular complexity index is 800. The summed E-state index contributed by atoms with van der Waals surface area (Å²) in [4.78, 5) is 27.4. The molecule has 1 unspecified atom stereocenters. The third-order valence-electron chi connectivity index (χ3n) is 5.56. The number of benzene rings is 1. The molecular formula is C21H29N3O5. The molecule has 8 nitrogen and oxygen atoms in total. The molecule has 1 fully saturated rings. The first-order valence-corrected chi connectivity index (χ1v) is 9.80. The first-order chi connectivity index (χ1) is 14.0. The Labute approximate surface area is 171 Å². The van der Waals surface area contributed by atoms with Crippen LogP contribution < -0.4 is 20.1 Å². The largest absolute Gasteiger partial charge is 0.493 e. The van der Waals surface area contributed by atoms with Gasteiger partial charge >= 0.3 is 12.0 Å². The third kappa shape index (κ3) is 4.64. The maximum Gasteiger partial charge on any atom is 0.338 e. The normalized spacial score (nSPS) is 20.7. The van der Waals surface area contributed by atoms with E-state index in [2.05, 4.69) is 22.5 Å². The Hall–Kier alpha value is -2.74. The molecule has 2 N–H and O–H groups in total. The fourth-order valence-corrected chi connectivity index (χ4v) is 3.82. The lowest BCUT2D eigenvalue weighted by molar-refractivity contribution is -0.136. The molecule has 0 spiro atoms. The second-order valence-corrected chi connectivity index (χ2v) is 7.49. The van der Waals surface area contributed by atoms with Crippen LogP contribution in [0.1, 0.15) is 31.4 Å². The van der Waals surface area contributed by atoms with Crippen molar-refractivity contribution < 1.29 is 23.8 Å². The van der Waals surface area contributed by atoms with E-state index in [9.17, 15) is 9.59 Å². The number of rotatable bonds is 6. The molecule has 1 saturated heterocycles. The molecule has 0 bridgehead atoms.